The number of hydrogen-bond acceptors (Lipinski definition) is 4. The lowest BCUT2D eigenvalue weighted by Crippen LogP contribution is -2.38. The molecule has 0 radical (unpaired) electrons. The fourth-order valence-electron chi connectivity index (χ4n) is 2.71. The zero-order valence-corrected chi connectivity index (χ0v) is 14.7. The van der Waals surface area contributed by atoms with Gasteiger partial charge in [0.2, 0.25) is 0 Å². The maximum Gasteiger partial charge on any atom is 0.316 e. The molecule has 0 aliphatic carbocycles. The number of thioether (sulfide) groups is 1. The molecule has 0 unspecified atom stereocenters. The van der Waals surface area contributed by atoms with Gasteiger partial charge >= 0.3 is 5.97 Å². The molecule has 2 aromatic carbocycles. The maximum absolute atomic E-state index is 13.5. The predicted molar refractivity (Wildman–Crippen MR) is 93.6 cm³/mol. The van der Waals surface area contributed by atoms with Gasteiger partial charge in [0.15, 0.2) is 6.61 Å². The third-order valence-corrected chi connectivity index (χ3v) is 5.08. The summed E-state index contributed by atoms with van der Waals surface area (Å²) < 4.78 is 31.6. The van der Waals surface area contributed by atoms with Crippen molar-refractivity contribution in [3.63, 3.8) is 0 Å². The van der Waals surface area contributed by atoms with Crippen molar-refractivity contribution in [2.24, 2.45) is 0 Å². The Hall–Kier alpha value is -2.41. The van der Waals surface area contributed by atoms with Crippen molar-refractivity contribution in [1.29, 1.82) is 0 Å². The zero-order valence-electron chi connectivity index (χ0n) is 13.9. The average molecular weight is 377 g/mol. The average Bonchev–Trinajstić information content (AvgIpc) is 2.66. The zero-order chi connectivity index (χ0) is 18.5. The number of carbonyl (C=O) groups excluding carboxylic acids is 2. The van der Waals surface area contributed by atoms with Gasteiger partial charge < -0.3 is 9.64 Å². The smallest absolute Gasteiger partial charge is 0.316 e. The number of carbonyl (C=O) groups is 2. The molecule has 0 atom stereocenters. The standard InChI is InChI=1S/C19H17F2NO3S/c20-15-5-6-16(21)17(9-15)26-12-19(24)25-11-18(23)22-8-7-13-3-1-2-4-14(13)10-22/h1-6,9H,7-8,10-12H2. The monoisotopic (exact) mass is 377 g/mol. The molecule has 1 heterocycles. The molecule has 136 valence electrons. The Morgan fingerprint density at radius 1 is 1.12 bits per heavy atom. The van der Waals surface area contributed by atoms with Crippen molar-refractivity contribution in [2.75, 3.05) is 18.9 Å². The van der Waals surface area contributed by atoms with Crippen LogP contribution in [-0.4, -0.2) is 35.7 Å². The normalized spacial score (nSPS) is 13.2. The minimum Gasteiger partial charge on any atom is -0.455 e. The summed E-state index contributed by atoms with van der Waals surface area (Å²) in [6.07, 6.45) is 0.768. The highest BCUT2D eigenvalue weighted by Crippen LogP contribution is 2.23. The van der Waals surface area contributed by atoms with Crippen LogP contribution in [0.25, 0.3) is 0 Å². The van der Waals surface area contributed by atoms with Gasteiger partial charge in [-0.25, -0.2) is 8.78 Å². The number of halogens is 2. The SMILES string of the molecule is O=C(CSc1cc(F)ccc1F)OCC(=O)N1CCc2ccccc2C1. The molecule has 0 spiro atoms. The summed E-state index contributed by atoms with van der Waals surface area (Å²) in [6.45, 7) is 0.722. The highest BCUT2D eigenvalue weighted by molar-refractivity contribution is 8.00. The Morgan fingerprint density at radius 3 is 2.69 bits per heavy atom. The van der Waals surface area contributed by atoms with Gasteiger partial charge in [-0.15, -0.1) is 11.8 Å². The second-order valence-electron chi connectivity index (χ2n) is 5.86. The van der Waals surface area contributed by atoms with E-state index >= 15 is 0 Å². The van der Waals surface area contributed by atoms with E-state index in [1.54, 1.807) is 4.90 Å². The van der Waals surface area contributed by atoms with Gasteiger partial charge in [0.1, 0.15) is 11.6 Å². The largest absolute Gasteiger partial charge is 0.455 e. The van der Waals surface area contributed by atoms with E-state index in [9.17, 15) is 18.4 Å². The van der Waals surface area contributed by atoms with E-state index in [-0.39, 0.29) is 23.2 Å². The molecule has 0 saturated carbocycles. The number of hydrogen-bond donors (Lipinski definition) is 0. The lowest BCUT2D eigenvalue weighted by Gasteiger charge is -2.28. The van der Waals surface area contributed by atoms with Crippen LogP contribution in [0.1, 0.15) is 11.1 Å². The van der Waals surface area contributed by atoms with E-state index in [1.165, 1.54) is 5.56 Å². The summed E-state index contributed by atoms with van der Waals surface area (Å²) >= 11 is 0.833. The lowest BCUT2D eigenvalue weighted by atomic mass is 10.00. The summed E-state index contributed by atoms with van der Waals surface area (Å²) in [5.41, 5.74) is 2.32. The van der Waals surface area contributed by atoms with Gasteiger partial charge in [0.05, 0.1) is 5.75 Å². The molecule has 3 rings (SSSR count). The number of rotatable bonds is 5. The van der Waals surface area contributed by atoms with E-state index in [0.29, 0.717) is 13.1 Å². The first-order valence-corrected chi connectivity index (χ1v) is 9.09. The van der Waals surface area contributed by atoms with Crippen LogP contribution in [0.15, 0.2) is 47.4 Å². The number of fused-ring (bicyclic) bond motifs is 1. The van der Waals surface area contributed by atoms with E-state index in [1.807, 2.05) is 24.3 Å². The lowest BCUT2D eigenvalue weighted by molar-refractivity contribution is -0.150. The molecule has 0 bridgehead atoms. The molecular formula is C19H17F2NO3S. The van der Waals surface area contributed by atoms with Gasteiger partial charge in [0, 0.05) is 18.0 Å². The minimum atomic E-state index is -0.649. The number of esters is 1. The van der Waals surface area contributed by atoms with Crippen LogP contribution in [-0.2, 0) is 27.3 Å². The summed E-state index contributed by atoms with van der Waals surface area (Å²) in [5, 5.41) is 0. The minimum absolute atomic E-state index is 0.0286. The first kappa shape index (κ1) is 18.4. The summed E-state index contributed by atoms with van der Waals surface area (Å²) in [6, 6.07) is 10.9. The van der Waals surface area contributed by atoms with Gasteiger partial charge in [0.25, 0.3) is 5.91 Å². The second-order valence-corrected chi connectivity index (χ2v) is 6.88. The van der Waals surface area contributed by atoms with Crippen molar-refractivity contribution >= 4 is 23.6 Å². The van der Waals surface area contributed by atoms with Crippen LogP contribution >= 0.6 is 11.8 Å². The molecule has 2 aromatic rings. The van der Waals surface area contributed by atoms with Crippen molar-refractivity contribution in [3.8, 4) is 0 Å². The Morgan fingerprint density at radius 2 is 1.88 bits per heavy atom. The molecule has 1 amide bonds. The van der Waals surface area contributed by atoms with E-state index < -0.39 is 17.6 Å². The quantitative estimate of drug-likeness (QED) is 0.593. The summed E-state index contributed by atoms with van der Waals surface area (Å²) in [4.78, 5) is 25.7. The number of ether oxygens (including phenoxy) is 1. The molecular weight excluding hydrogens is 360 g/mol. The van der Waals surface area contributed by atoms with Crippen LogP contribution in [0, 0.1) is 11.6 Å². The highest BCUT2D eigenvalue weighted by atomic mass is 32.2. The Balaban J connectivity index is 1.46. The van der Waals surface area contributed by atoms with Crippen LogP contribution < -0.4 is 0 Å². The van der Waals surface area contributed by atoms with Gasteiger partial charge in [-0.2, -0.15) is 0 Å². The van der Waals surface area contributed by atoms with Crippen LogP contribution in [0.5, 0.6) is 0 Å². The van der Waals surface area contributed by atoms with Crippen LogP contribution in [0.3, 0.4) is 0 Å². The third-order valence-electron chi connectivity index (χ3n) is 4.08. The number of amides is 1. The molecule has 4 nitrogen and oxygen atoms in total. The number of nitrogens with zero attached hydrogens (tertiary/aromatic N) is 1. The van der Waals surface area contributed by atoms with E-state index in [0.717, 1.165) is 41.9 Å². The first-order chi connectivity index (χ1) is 12.5. The second kappa shape index (κ2) is 8.31. The van der Waals surface area contributed by atoms with Gasteiger partial charge in [-0.3, -0.25) is 9.59 Å². The molecule has 1 aliphatic heterocycles. The molecule has 0 aromatic heterocycles. The van der Waals surface area contributed by atoms with Crippen LogP contribution in [0.4, 0.5) is 8.78 Å². The Bertz CT molecular complexity index is 828. The molecule has 0 fully saturated rings. The Labute approximate surface area is 154 Å². The molecule has 7 heteroatoms. The fraction of sp³-hybridized carbons (Fsp3) is 0.263. The highest BCUT2D eigenvalue weighted by Gasteiger charge is 2.21. The first-order valence-electron chi connectivity index (χ1n) is 8.11. The topological polar surface area (TPSA) is 46.6 Å². The van der Waals surface area contributed by atoms with Crippen molar-refractivity contribution in [1.82, 2.24) is 4.90 Å². The molecule has 0 saturated heterocycles. The van der Waals surface area contributed by atoms with Crippen molar-refractivity contribution in [2.45, 2.75) is 17.9 Å². The molecule has 1 aliphatic rings. The predicted octanol–water partition coefficient (Wildman–Crippen LogP) is 3.19. The fourth-order valence-corrected chi connectivity index (χ4v) is 3.47. The van der Waals surface area contributed by atoms with Crippen LogP contribution in [0.2, 0.25) is 0 Å². The van der Waals surface area contributed by atoms with Gasteiger partial charge in [-0.1, -0.05) is 24.3 Å². The van der Waals surface area contributed by atoms with Crippen molar-refractivity contribution < 1.29 is 23.1 Å². The van der Waals surface area contributed by atoms with E-state index in [2.05, 4.69) is 0 Å². The molecule has 26 heavy (non-hydrogen) atoms. The summed E-state index contributed by atoms with van der Waals surface area (Å²) in [7, 11) is 0. The van der Waals surface area contributed by atoms with Gasteiger partial charge in [-0.05, 0) is 35.7 Å². The van der Waals surface area contributed by atoms with Crippen molar-refractivity contribution in [3.05, 3.63) is 65.2 Å². The maximum atomic E-state index is 13.5. The Kier molecular flexibility index (Phi) is 5.88. The number of benzene rings is 2. The van der Waals surface area contributed by atoms with E-state index in [4.69, 9.17) is 4.74 Å². The molecule has 0 N–H and O–H groups in total. The summed E-state index contributed by atoms with van der Waals surface area (Å²) in [5.74, 6) is -2.30. The third kappa shape index (κ3) is 4.60.